The Kier molecular flexibility index (Phi) is 3.99. The monoisotopic (exact) mass is 328 g/mol. The molecule has 0 aliphatic rings. The molecule has 0 unspecified atom stereocenters. The van der Waals surface area contributed by atoms with Gasteiger partial charge in [-0.05, 0) is 30.3 Å². The van der Waals surface area contributed by atoms with Crippen LogP contribution in [0.2, 0.25) is 5.02 Å². The standard InChI is InChI=1S/C13H7BrClFO2/c14-9-4-11(16)6-12(5-9)18-13-2-1-10(15)3-8(13)7-17/h1-7H. The lowest BCUT2D eigenvalue weighted by atomic mass is 10.2. The largest absolute Gasteiger partial charge is 0.456 e. The van der Waals surface area contributed by atoms with Gasteiger partial charge in [0.15, 0.2) is 6.29 Å². The first kappa shape index (κ1) is 13.1. The number of hydrogen-bond acceptors (Lipinski definition) is 2. The third-order valence-electron chi connectivity index (χ3n) is 2.16. The molecular formula is C13H7BrClFO2. The third-order valence-corrected chi connectivity index (χ3v) is 2.86. The molecular weight excluding hydrogens is 322 g/mol. The summed E-state index contributed by atoms with van der Waals surface area (Å²) in [7, 11) is 0. The fourth-order valence-electron chi connectivity index (χ4n) is 1.42. The van der Waals surface area contributed by atoms with Gasteiger partial charge in [0.2, 0.25) is 0 Å². The van der Waals surface area contributed by atoms with Crippen molar-refractivity contribution in [2.75, 3.05) is 0 Å². The molecule has 0 radical (unpaired) electrons. The maximum Gasteiger partial charge on any atom is 0.153 e. The third kappa shape index (κ3) is 3.09. The molecule has 2 nitrogen and oxygen atoms in total. The molecule has 0 bridgehead atoms. The van der Waals surface area contributed by atoms with Crippen LogP contribution in [0.1, 0.15) is 10.4 Å². The predicted molar refractivity (Wildman–Crippen MR) is 71.0 cm³/mol. The molecule has 0 saturated heterocycles. The van der Waals surface area contributed by atoms with Crippen LogP contribution in [0, 0.1) is 5.82 Å². The van der Waals surface area contributed by atoms with Crippen LogP contribution in [-0.2, 0) is 0 Å². The Bertz CT molecular complexity index is 581. The lowest BCUT2D eigenvalue weighted by Crippen LogP contribution is -1.91. The molecule has 5 heteroatoms. The molecule has 2 rings (SSSR count). The van der Waals surface area contributed by atoms with E-state index in [1.54, 1.807) is 18.2 Å². The molecule has 0 heterocycles. The van der Waals surface area contributed by atoms with Crippen LogP contribution in [0.15, 0.2) is 40.9 Å². The van der Waals surface area contributed by atoms with Crippen LogP contribution in [0.4, 0.5) is 4.39 Å². The number of halogens is 3. The van der Waals surface area contributed by atoms with Crippen molar-refractivity contribution in [2.24, 2.45) is 0 Å². The van der Waals surface area contributed by atoms with Gasteiger partial charge in [0, 0.05) is 15.6 Å². The van der Waals surface area contributed by atoms with Gasteiger partial charge in [0.05, 0.1) is 5.56 Å². The second-order valence-electron chi connectivity index (χ2n) is 3.51. The van der Waals surface area contributed by atoms with Gasteiger partial charge in [-0.2, -0.15) is 0 Å². The Balaban J connectivity index is 2.36. The van der Waals surface area contributed by atoms with Crippen molar-refractivity contribution in [2.45, 2.75) is 0 Å². The number of carbonyl (C=O) groups is 1. The Morgan fingerprint density at radius 2 is 2.00 bits per heavy atom. The lowest BCUT2D eigenvalue weighted by molar-refractivity contribution is 0.112. The second kappa shape index (κ2) is 5.50. The molecule has 2 aromatic rings. The molecule has 0 aliphatic heterocycles. The number of benzene rings is 2. The number of rotatable bonds is 3. The fraction of sp³-hybridized carbons (Fsp3) is 0. The summed E-state index contributed by atoms with van der Waals surface area (Å²) < 4.78 is 19.2. The molecule has 18 heavy (non-hydrogen) atoms. The fourth-order valence-corrected chi connectivity index (χ4v) is 2.04. The van der Waals surface area contributed by atoms with E-state index in [4.69, 9.17) is 16.3 Å². The van der Waals surface area contributed by atoms with Gasteiger partial charge >= 0.3 is 0 Å². The van der Waals surface area contributed by atoms with Gasteiger partial charge in [0.25, 0.3) is 0 Å². The van der Waals surface area contributed by atoms with Gasteiger partial charge in [0.1, 0.15) is 17.3 Å². The average Bonchev–Trinajstić information content (AvgIpc) is 2.30. The summed E-state index contributed by atoms with van der Waals surface area (Å²) in [6.07, 6.45) is 0.634. The van der Waals surface area contributed by atoms with Crippen LogP contribution in [0.5, 0.6) is 11.5 Å². The quantitative estimate of drug-likeness (QED) is 0.753. The maximum absolute atomic E-state index is 13.2. The van der Waals surface area contributed by atoms with Crippen molar-refractivity contribution in [3.05, 3.63) is 57.3 Å². The van der Waals surface area contributed by atoms with E-state index in [9.17, 15) is 9.18 Å². The SMILES string of the molecule is O=Cc1cc(Cl)ccc1Oc1cc(F)cc(Br)c1. The highest BCUT2D eigenvalue weighted by Gasteiger charge is 2.07. The molecule has 0 fully saturated rings. The molecule has 0 atom stereocenters. The average molecular weight is 330 g/mol. The number of aldehydes is 1. The van der Waals surface area contributed by atoms with E-state index in [1.807, 2.05) is 0 Å². The van der Waals surface area contributed by atoms with Crippen molar-refractivity contribution in [3.8, 4) is 11.5 Å². The summed E-state index contributed by atoms with van der Waals surface area (Å²) in [5.74, 6) is 0.195. The summed E-state index contributed by atoms with van der Waals surface area (Å²) in [5.41, 5.74) is 0.308. The summed E-state index contributed by atoms with van der Waals surface area (Å²) in [5, 5.41) is 0.435. The zero-order chi connectivity index (χ0) is 13.1. The molecule has 0 spiro atoms. The minimum absolute atomic E-state index is 0.298. The summed E-state index contributed by atoms with van der Waals surface area (Å²) in [6.45, 7) is 0. The molecule has 92 valence electrons. The molecule has 0 amide bonds. The van der Waals surface area contributed by atoms with E-state index in [1.165, 1.54) is 18.2 Å². The van der Waals surface area contributed by atoms with Crippen LogP contribution in [-0.4, -0.2) is 6.29 Å². The molecule has 0 saturated carbocycles. The topological polar surface area (TPSA) is 26.3 Å². The zero-order valence-corrected chi connectivity index (χ0v) is 11.3. The van der Waals surface area contributed by atoms with Crippen LogP contribution < -0.4 is 4.74 Å². The van der Waals surface area contributed by atoms with Crippen molar-refractivity contribution >= 4 is 33.8 Å². The lowest BCUT2D eigenvalue weighted by Gasteiger charge is -2.08. The number of hydrogen-bond donors (Lipinski definition) is 0. The van der Waals surface area contributed by atoms with Crippen molar-refractivity contribution in [3.63, 3.8) is 0 Å². The smallest absolute Gasteiger partial charge is 0.153 e. The van der Waals surface area contributed by atoms with E-state index in [2.05, 4.69) is 15.9 Å². The maximum atomic E-state index is 13.2. The van der Waals surface area contributed by atoms with Gasteiger partial charge in [-0.15, -0.1) is 0 Å². The minimum Gasteiger partial charge on any atom is -0.456 e. The number of ether oxygens (including phenoxy) is 1. The normalized spacial score (nSPS) is 10.2. The van der Waals surface area contributed by atoms with Gasteiger partial charge in [-0.1, -0.05) is 27.5 Å². The van der Waals surface area contributed by atoms with Crippen LogP contribution in [0.3, 0.4) is 0 Å². The summed E-state index contributed by atoms with van der Waals surface area (Å²) >= 11 is 8.93. The summed E-state index contributed by atoms with van der Waals surface area (Å²) in [4.78, 5) is 10.9. The van der Waals surface area contributed by atoms with Gasteiger partial charge in [-0.3, -0.25) is 4.79 Å². The highest BCUT2D eigenvalue weighted by Crippen LogP contribution is 2.29. The number of carbonyl (C=O) groups excluding carboxylic acids is 1. The molecule has 0 aromatic heterocycles. The second-order valence-corrected chi connectivity index (χ2v) is 4.86. The van der Waals surface area contributed by atoms with E-state index in [0.29, 0.717) is 32.8 Å². The molecule has 0 aliphatic carbocycles. The van der Waals surface area contributed by atoms with E-state index >= 15 is 0 Å². The van der Waals surface area contributed by atoms with Crippen molar-refractivity contribution in [1.82, 2.24) is 0 Å². The van der Waals surface area contributed by atoms with Crippen LogP contribution >= 0.6 is 27.5 Å². The van der Waals surface area contributed by atoms with Gasteiger partial charge in [-0.25, -0.2) is 4.39 Å². The van der Waals surface area contributed by atoms with E-state index < -0.39 is 5.82 Å². The van der Waals surface area contributed by atoms with Crippen LogP contribution in [0.25, 0.3) is 0 Å². The first-order chi connectivity index (χ1) is 8.58. The van der Waals surface area contributed by atoms with Gasteiger partial charge < -0.3 is 4.74 Å². The highest BCUT2D eigenvalue weighted by molar-refractivity contribution is 9.10. The van der Waals surface area contributed by atoms with E-state index in [0.717, 1.165) is 0 Å². The Hall–Kier alpha value is -1.39. The first-order valence-electron chi connectivity index (χ1n) is 4.97. The minimum atomic E-state index is -0.430. The Morgan fingerprint density at radius 3 is 2.67 bits per heavy atom. The molecule has 0 N–H and O–H groups in total. The Labute approximate surface area is 116 Å². The highest BCUT2D eigenvalue weighted by atomic mass is 79.9. The van der Waals surface area contributed by atoms with Crippen molar-refractivity contribution in [1.29, 1.82) is 0 Å². The summed E-state index contributed by atoms with van der Waals surface area (Å²) in [6, 6.07) is 8.79. The zero-order valence-electron chi connectivity index (χ0n) is 8.99. The Morgan fingerprint density at radius 1 is 1.22 bits per heavy atom. The molecule has 2 aromatic carbocycles. The van der Waals surface area contributed by atoms with E-state index in [-0.39, 0.29) is 0 Å². The van der Waals surface area contributed by atoms with Crippen molar-refractivity contribution < 1.29 is 13.9 Å². The first-order valence-corrected chi connectivity index (χ1v) is 6.14. The predicted octanol–water partition coefficient (Wildman–Crippen LogP) is 4.85.